The molecule has 0 fully saturated rings. The van der Waals surface area contributed by atoms with Gasteiger partial charge in [-0.05, 0) is 24.5 Å². The molecular formula is C15H23NO2. The SMILES string of the molecule is CCCCCCCCc1cccc(C(N)=O)c1O. The van der Waals surface area contributed by atoms with Crippen LogP contribution in [0.15, 0.2) is 18.2 Å². The summed E-state index contributed by atoms with van der Waals surface area (Å²) >= 11 is 0. The van der Waals surface area contributed by atoms with Crippen molar-refractivity contribution in [3.05, 3.63) is 29.3 Å². The van der Waals surface area contributed by atoms with Crippen LogP contribution < -0.4 is 5.73 Å². The molecule has 0 atom stereocenters. The number of para-hydroxylation sites is 1. The fraction of sp³-hybridized carbons (Fsp3) is 0.533. The Bertz CT molecular complexity index is 388. The number of nitrogens with two attached hydrogens (primary N) is 1. The van der Waals surface area contributed by atoms with Gasteiger partial charge in [-0.3, -0.25) is 4.79 Å². The van der Waals surface area contributed by atoms with E-state index < -0.39 is 5.91 Å². The minimum atomic E-state index is -0.572. The van der Waals surface area contributed by atoms with Gasteiger partial charge in [-0.25, -0.2) is 0 Å². The summed E-state index contributed by atoms with van der Waals surface area (Å²) in [4.78, 5) is 11.1. The molecule has 3 nitrogen and oxygen atoms in total. The van der Waals surface area contributed by atoms with Crippen LogP contribution in [0.3, 0.4) is 0 Å². The fourth-order valence-electron chi connectivity index (χ4n) is 2.09. The van der Waals surface area contributed by atoms with E-state index in [-0.39, 0.29) is 11.3 Å². The standard InChI is InChI=1S/C15H23NO2/c1-2-3-4-5-6-7-9-12-10-8-11-13(14(12)17)15(16)18/h8,10-11,17H,2-7,9H2,1H3,(H2,16,18). The maximum atomic E-state index is 11.1. The molecule has 0 saturated heterocycles. The summed E-state index contributed by atoms with van der Waals surface area (Å²) in [5.74, 6) is -0.518. The first-order valence-electron chi connectivity index (χ1n) is 6.77. The van der Waals surface area contributed by atoms with Crippen LogP contribution in [-0.4, -0.2) is 11.0 Å². The van der Waals surface area contributed by atoms with Crippen molar-refractivity contribution in [1.82, 2.24) is 0 Å². The smallest absolute Gasteiger partial charge is 0.252 e. The molecule has 0 unspecified atom stereocenters. The second-order valence-corrected chi connectivity index (χ2v) is 4.70. The maximum Gasteiger partial charge on any atom is 0.252 e. The van der Waals surface area contributed by atoms with E-state index in [1.54, 1.807) is 12.1 Å². The van der Waals surface area contributed by atoms with Gasteiger partial charge in [0.1, 0.15) is 5.75 Å². The molecule has 0 aliphatic carbocycles. The third-order valence-electron chi connectivity index (χ3n) is 3.18. The van der Waals surface area contributed by atoms with Crippen LogP contribution in [0.2, 0.25) is 0 Å². The summed E-state index contributed by atoms with van der Waals surface area (Å²) in [7, 11) is 0. The van der Waals surface area contributed by atoms with Gasteiger partial charge in [0, 0.05) is 0 Å². The summed E-state index contributed by atoms with van der Waals surface area (Å²) < 4.78 is 0. The highest BCUT2D eigenvalue weighted by Gasteiger charge is 2.10. The first-order chi connectivity index (χ1) is 8.66. The lowest BCUT2D eigenvalue weighted by atomic mass is 10.0. The average molecular weight is 249 g/mol. The molecule has 18 heavy (non-hydrogen) atoms. The summed E-state index contributed by atoms with van der Waals surface area (Å²) in [6, 6.07) is 5.18. The molecule has 1 amide bonds. The van der Waals surface area contributed by atoms with E-state index in [0.29, 0.717) is 0 Å². The van der Waals surface area contributed by atoms with Crippen LogP contribution in [0, 0.1) is 0 Å². The highest BCUT2D eigenvalue weighted by Crippen LogP contribution is 2.24. The first-order valence-corrected chi connectivity index (χ1v) is 6.77. The van der Waals surface area contributed by atoms with Crippen molar-refractivity contribution in [3.63, 3.8) is 0 Å². The number of phenols is 1. The molecule has 0 saturated carbocycles. The van der Waals surface area contributed by atoms with E-state index in [2.05, 4.69) is 6.92 Å². The second kappa shape index (κ2) is 7.75. The summed E-state index contributed by atoms with van der Waals surface area (Å²) in [6.07, 6.45) is 8.08. The van der Waals surface area contributed by atoms with Crippen molar-refractivity contribution in [1.29, 1.82) is 0 Å². The molecule has 0 aliphatic heterocycles. The fourth-order valence-corrected chi connectivity index (χ4v) is 2.09. The second-order valence-electron chi connectivity index (χ2n) is 4.70. The number of hydrogen-bond donors (Lipinski definition) is 2. The molecule has 0 bridgehead atoms. The van der Waals surface area contributed by atoms with Gasteiger partial charge in [0.25, 0.3) is 5.91 Å². The minimum Gasteiger partial charge on any atom is -0.507 e. The van der Waals surface area contributed by atoms with Gasteiger partial charge < -0.3 is 10.8 Å². The molecule has 3 N–H and O–H groups in total. The summed E-state index contributed by atoms with van der Waals surface area (Å²) in [6.45, 7) is 2.20. The van der Waals surface area contributed by atoms with E-state index >= 15 is 0 Å². The monoisotopic (exact) mass is 249 g/mol. The van der Waals surface area contributed by atoms with Crippen LogP contribution in [0.1, 0.15) is 61.4 Å². The topological polar surface area (TPSA) is 63.3 Å². The van der Waals surface area contributed by atoms with Gasteiger partial charge in [0.15, 0.2) is 0 Å². The largest absolute Gasteiger partial charge is 0.507 e. The normalized spacial score (nSPS) is 10.5. The Hall–Kier alpha value is -1.51. The first kappa shape index (κ1) is 14.6. The highest BCUT2D eigenvalue weighted by molar-refractivity contribution is 5.95. The molecular weight excluding hydrogens is 226 g/mol. The number of unbranched alkanes of at least 4 members (excludes halogenated alkanes) is 5. The summed E-state index contributed by atoms with van der Waals surface area (Å²) in [5, 5.41) is 9.90. The Morgan fingerprint density at radius 3 is 2.50 bits per heavy atom. The van der Waals surface area contributed by atoms with E-state index in [1.807, 2.05) is 6.07 Å². The van der Waals surface area contributed by atoms with E-state index in [1.165, 1.54) is 32.1 Å². The van der Waals surface area contributed by atoms with Crippen LogP contribution in [0.25, 0.3) is 0 Å². The van der Waals surface area contributed by atoms with Crippen molar-refractivity contribution in [2.75, 3.05) is 0 Å². The zero-order valence-corrected chi connectivity index (χ0v) is 11.1. The van der Waals surface area contributed by atoms with Crippen molar-refractivity contribution in [3.8, 4) is 5.75 Å². The predicted octanol–water partition coefficient (Wildman–Crippen LogP) is 3.39. The number of amides is 1. The minimum absolute atomic E-state index is 0.0542. The lowest BCUT2D eigenvalue weighted by Gasteiger charge is -2.07. The molecule has 0 aliphatic rings. The van der Waals surface area contributed by atoms with Gasteiger partial charge >= 0.3 is 0 Å². The Morgan fingerprint density at radius 2 is 1.83 bits per heavy atom. The van der Waals surface area contributed by atoms with Crippen LogP contribution in [-0.2, 0) is 6.42 Å². The number of primary amides is 1. The number of carbonyl (C=O) groups excluding carboxylic acids is 1. The highest BCUT2D eigenvalue weighted by atomic mass is 16.3. The number of hydrogen-bond acceptors (Lipinski definition) is 2. The zero-order chi connectivity index (χ0) is 13.4. The van der Waals surface area contributed by atoms with Crippen LogP contribution in [0.5, 0.6) is 5.75 Å². The van der Waals surface area contributed by atoms with E-state index in [0.717, 1.165) is 18.4 Å². The Morgan fingerprint density at radius 1 is 1.17 bits per heavy atom. The number of aromatic hydroxyl groups is 1. The number of carbonyl (C=O) groups is 1. The Balaban J connectivity index is 2.43. The predicted molar refractivity (Wildman–Crippen MR) is 73.7 cm³/mol. The third kappa shape index (κ3) is 4.40. The number of aryl methyl sites for hydroxylation is 1. The van der Waals surface area contributed by atoms with E-state index in [9.17, 15) is 9.90 Å². The van der Waals surface area contributed by atoms with Gasteiger partial charge in [-0.1, -0.05) is 51.2 Å². The Kier molecular flexibility index (Phi) is 6.26. The molecule has 1 aromatic carbocycles. The van der Waals surface area contributed by atoms with Gasteiger partial charge in [0.05, 0.1) is 5.56 Å². The zero-order valence-electron chi connectivity index (χ0n) is 11.1. The molecule has 100 valence electrons. The third-order valence-corrected chi connectivity index (χ3v) is 3.18. The van der Waals surface area contributed by atoms with Crippen molar-refractivity contribution < 1.29 is 9.90 Å². The van der Waals surface area contributed by atoms with Crippen molar-refractivity contribution in [2.45, 2.75) is 51.9 Å². The molecule has 0 spiro atoms. The van der Waals surface area contributed by atoms with Gasteiger partial charge in [-0.2, -0.15) is 0 Å². The molecule has 3 heteroatoms. The lowest BCUT2D eigenvalue weighted by Crippen LogP contribution is -2.11. The number of benzene rings is 1. The van der Waals surface area contributed by atoms with Crippen LogP contribution >= 0.6 is 0 Å². The summed E-state index contributed by atoms with van der Waals surface area (Å²) in [5.41, 5.74) is 6.24. The quantitative estimate of drug-likeness (QED) is 0.694. The number of rotatable bonds is 8. The lowest BCUT2D eigenvalue weighted by molar-refractivity contribution is 0.0997. The maximum absolute atomic E-state index is 11.1. The molecule has 0 heterocycles. The molecule has 1 aromatic rings. The van der Waals surface area contributed by atoms with Crippen LogP contribution in [0.4, 0.5) is 0 Å². The Labute approximate surface area is 109 Å². The van der Waals surface area contributed by atoms with Gasteiger partial charge in [-0.15, -0.1) is 0 Å². The van der Waals surface area contributed by atoms with Gasteiger partial charge in [0.2, 0.25) is 0 Å². The van der Waals surface area contributed by atoms with E-state index in [4.69, 9.17) is 5.73 Å². The van der Waals surface area contributed by atoms with Crippen molar-refractivity contribution in [2.24, 2.45) is 5.73 Å². The van der Waals surface area contributed by atoms with Crippen molar-refractivity contribution >= 4 is 5.91 Å². The molecule has 1 rings (SSSR count). The molecule has 0 radical (unpaired) electrons. The molecule has 0 aromatic heterocycles. The average Bonchev–Trinajstić information content (AvgIpc) is 2.35.